The lowest BCUT2D eigenvalue weighted by atomic mass is 10.1. The van der Waals surface area contributed by atoms with E-state index in [1.54, 1.807) is 21.1 Å². The van der Waals surface area contributed by atoms with Gasteiger partial charge in [0.25, 0.3) is 0 Å². The van der Waals surface area contributed by atoms with Crippen LogP contribution in [0.15, 0.2) is 30.3 Å². The van der Waals surface area contributed by atoms with E-state index in [0.717, 1.165) is 17.7 Å². The Kier molecular flexibility index (Phi) is 5.98. The first kappa shape index (κ1) is 18.0. The molecular weight excluding hydrogens is 316 g/mol. The maximum atomic E-state index is 13.8. The zero-order chi connectivity index (χ0) is 17.7. The van der Waals surface area contributed by atoms with Crippen molar-refractivity contribution < 1.29 is 23.0 Å². The topological polar surface area (TPSA) is 39.7 Å². The Hall–Kier alpha value is -2.34. The van der Waals surface area contributed by atoms with Crippen LogP contribution in [0.25, 0.3) is 0 Å². The molecule has 0 aliphatic carbocycles. The molecule has 1 atom stereocenters. The van der Waals surface area contributed by atoms with E-state index >= 15 is 0 Å². The summed E-state index contributed by atoms with van der Waals surface area (Å²) in [5, 5.41) is 3.16. The molecule has 0 aliphatic heterocycles. The predicted molar refractivity (Wildman–Crippen MR) is 87.7 cm³/mol. The van der Waals surface area contributed by atoms with E-state index in [1.165, 1.54) is 13.2 Å². The third-order valence-electron chi connectivity index (χ3n) is 3.76. The lowest BCUT2D eigenvalue weighted by Gasteiger charge is -2.17. The molecule has 130 valence electrons. The van der Waals surface area contributed by atoms with Crippen molar-refractivity contribution in [2.24, 2.45) is 0 Å². The van der Waals surface area contributed by atoms with Crippen molar-refractivity contribution in [3.63, 3.8) is 0 Å². The van der Waals surface area contributed by atoms with Crippen LogP contribution in [0.2, 0.25) is 0 Å². The van der Waals surface area contributed by atoms with Crippen LogP contribution in [0.3, 0.4) is 0 Å². The highest BCUT2D eigenvalue weighted by Gasteiger charge is 2.15. The van der Waals surface area contributed by atoms with Gasteiger partial charge in [-0.05, 0) is 42.8 Å². The molecule has 4 nitrogen and oxygen atoms in total. The van der Waals surface area contributed by atoms with Gasteiger partial charge < -0.3 is 19.5 Å². The van der Waals surface area contributed by atoms with Gasteiger partial charge in [-0.15, -0.1) is 0 Å². The van der Waals surface area contributed by atoms with Gasteiger partial charge >= 0.3 is 0 Å². The quantitative estimate of drug-likeness (QED) is 0.833. The Morgan fingerprint density at radius 2 is 1.58 bits per heavy atom. The lowest BCUT2D eigenvalue weighted by Crippen LogP contribution is -2.19. The van der Waals surface area contributed by atoms with Gasteiger partial charge in [-0.1, -0.05) is 0 Å². The third-order valence-corrected chi connectivity index (χ3v) is 3.76. The number of methoxy groups -OCH3 is 3. The average molecular weight is 337 g/mol. The smallest absolute Gasteiger partial charge is 0.203 e. The van der Waals surface area contributed by atoms with Crippen LogP contribution in [0, 0.1) is 11.6 Å². The van der Waals surface area contributed by atoms with Crippen molar-refractivity contribution in [2.75, 3.05) is 21.3 Å². The molecule has 24 heavy (non-hydrogen) atoms. The van der Waals surface area contributed by atoms with Crippen molar-refractivity contribution in [1.29, 1.82) is 0 Å². The molecule has 0 bridgehead atoms. The molecule has 6 heteroatoms. The second-order valence-corrected chi connectivity index (χ2v) is 5.30. The third kappa shape index (κ3) is 3.94. The summed E-state index contributed by atoms with van der Waals surface area (Å²) in [5.74, 6) is 0.679. The van der Waals surface area contributed by atoms with Crippen molar-refractivity contribution >= 4 is 0 Å². The van der Waals surface area contributed by atoms with Gasteiger partial charge in [0.15, 0.2) is 11.5 Å². The minimum Gasteiger partial charge on any atom is -0.493 e. The highest BCUT2D eigenvalue weighted by Crippen LogP contribution is 2.38. The van der Waals surface area contributed by atoms with E-state index in [-0.39, 0.29) is 11.6 Å². The highest BCUT2D eigenvalue weighted by molar-refractivity contribution is 5.53. The minimum absolute atomic E-state index is 0.280. The fraction of sp³-hybridized carbons (Fsp3) is 0.333. The molecule has 0 aromatic heterocycles. The van der Waals surface area contributed by atoms with Gasteiger partial charge in [0, 0.05) is 18.2 Å². The fourth-order valence-corrected chi connectivity index (χ4v) is 2.46. The molecule has 1 N–H and O–H groups in total. The minimum atomic E-state index is -0.465. The fourth-order valence-electron chi connectivity index (χ4n) is 2.46. The summed E-state index contributed by atoms with van der Waals surface area (Å²) in [6, 6.07) is 6.68. The SMILES string of the molecule is COc1cc(CN[C@H](C)c2cc(F)ccc2F)cc(OC)c1OC. The Bertz CT molecular complexity index is 682. The van der Waals surface area contributed by atoms with E-state index < -0.39 is 11.6 Å². The zero-order valence-electron chi connectivity index (χ0n) is 14.2. The van der Waals surface area contributed by atoms with Gasteiger partial charge in [-0.25, -0.2) is 8.78 Å². The molecule has 0 aliphatic rings. The van der Waals surface area contributed by atoms with Crippen LogP contribution < -0.4 is 19.5 Å². The van der Waals surface area contributed by atoms with Gasteiger partial charge in [0.1, 0.15) is 11.6 Å². The largest absolute Gasteiger partial charge is 0.493 e. The average Bonchev–Trinajstić information content (AvgIpc) is 2.60. The number of nitrogens with one attached hydrogen (secondary N) is 1. The van der Waals surface area contributed by atoms with Crippen LogP contribution in [-0.2, 0) is 6.54 Å². The van der Waals surface area contributed by atoms with Crippen LogP contribution in [0.1, 0.15) is 24.1 Å². The van der Waals surface area contributed by atoms with E-state index in [0.29, 0.717) is 23.8 Å². The number of halogens is 2. The van der Waals surface area contributed by atoms with E-state index in [9.17, 15) is 8.78 Å². The molecule has 0 radical (unpaired) electrons. The van der Waals surface area contributed by atoms with Crippen LogP contribution in [-0.4, -0.2) is 21.3 Å². The Morgan fingerprint density at radius 3 is 2.12 bits per heavy atom. The van der Waals surface area contributed by atoms with Gasteiger partial charge in [-0.3, -0.25) is 0 Å². The van der Waals surface area contributed by atoms with Crippen molar-refractivity contribution in [3.8, 4) is 17.2 Å². The predicted octanol–water partition coefficient (Wildman–Crippen LogP) is 3.84. The molecule has 2 aromatic carbocycles. The molecule has 0 saturated heterocycles. The van der Waals surface area contributed by atoms with Crippen molar-refractivity contribution in [2.45, 2.75) is 19.5 Å². The Balaban J connectivity index is 2.18. The summed E-state index contributed by atoms with van der Waals surface area (Å²) in [6.45, 7) is 2.20. The van der Waals surface area contributed by atoms with Crippen LogP contribution >= 0.6 is 0 Å². The van der Waals surface area contributed by atoms with Crippen LogP contribution in [0.4, 0.5) is 8.78 Å². The number of ether oxygens (including phenoxy) is 3. The zero-order valence-corrected chi connectivity index (χ0v) is 14.2. The molecule has 2 rings (SSSR count). The highest BCUT2D eigenvalue weighted by atomic mass is 19.1. The normalized spacial score (nSPS) is 11.9. The number of hydrogen-bond donors (Lipinski definition) is 1. The molecular formula is C18H21F2NO3. The summed E-state index contributed by atoms with van der Waals surface area (Å²) in [5.41, 5.74) is 1.15. The monoisotopic (exact) mass is 337 g/mol. The first-order valence-corrected chi connectivity index (χ1v) is 7.47. The molecule has 0 fully saturated rings. The first-order valence-electron chi connectivity index (χ1n) is 7.47. The van der Waals surface area contributed by atoms with E-state index in [4.69, 9.17) is 14.2 Å². The molecule has 0 amide bonds. The molecule has 2 aromatic rings. The summed E-state index contributed by atoms with van der Waals surface area (Å²) in [7, 11) is 4.62. The Labute approximate surface area is 140 Å². The number of rotatable bonds is 7. The molecule has 0 saturated carbocycles. The first-order chi connectivity index (χ1) is 11.5. The van der Waals surface area contributed by atoms with Gasteiger partial charge in [0.05, 0.1) is 21.3 Å². The van der Waals surface area contributed by atoms with Gasteiger partial charge in [0.2, 0.25) is 5.75 Å². The molecule has 0 unspecified atom stereocenters. The Morgan fingerprint density at radius 1 is 0.958 bits per heavy atom. The lowest BCUT2D eigenvalue weighted by molar-refractivity contribution is 0.323. The van der Waals surface area contributed by atoms with Crippen LogP contribution in [0.5, 0.6) is 17.2 Å². The van der Waals surface area contributed by atoms with E-state index in [1.807, 2.05) is 12.1 Å². The van der Waals surface area contributed by atoms with Crippen molar-refractivity contribution in [3.05, 3.63) is 53.1 Å². The summed E-state index contributed by atoms with van der Waals surface area (Å²) < 4.78 is 43.0. The summed E-state index contributed by atoms with van der Waals surface area (Å²) >= 11 is 0. The summed E-state index contributed by atoms with van der Waals surface area (Å²) in [4.78, 5) is 0. The maximum absolute atomic E-state index is 13.8. The number of hydrogen-bond acceptors (Lipinski definition) is 4. The number of benzene rings is 2. The van der Waals surface area contributed by atoms with Crippen molar-refractivity contribution in [1.82, 2.24) is 5.32 Å². The molecule has 0 heterocycles. The second-order valence-electron chi connectivity index (χ2n) is 5.30. The molecule has 0 spiro atoms. The van der Waals surface area contributed by atoms with Gasteiger partial charge in [-0.2, -0.15) is 0 Å². The second kappa shape index (κ2) is 7.97. The maximum Gasteiger partial charge on any atom is 0.203 e. The summed E-state index contributed by atoms with van der Waals surface area (Å²) in [6.07, 6.45) is 0. The standard InChI is InChI=1S/C18H21F2NO3/c1-11(14-9-13(19)5-6-15(14)20)21-10-12-7-16(22-2)18(24-4)17(8-12)23-3/h5-9,11,21H,10H2,1-4H3/t11-/m1/s1. The van der Waals surface area contributed by atoms with E-state index in [2.05, 4.69) is 5.32 Å².